The number of ether oxygens (including phenoxy) is 1. The van der Waals surface area contributed by atoms with Crippen LogP contribution in [0, 0.1) is 5.41 Å². The Balaban J connectivity index is 2.33. The van der Waals surface area contributed by atoms with Gasteiger partial charge in [-0.25, -0.2) is 0 Å². The molecule has 2 heteroatoms. The van der Waals surface area contributed by atoms with Gasteiger partial charge in [-0.2, -0.15) is 0 Å². The molecule has 0 saturated heterocycles. The monoisotopic (exact) mass is 291 g/mol. The number of benzene rings is 1. The first-order valence-corrected chi connectivity index (χ1v) is 8.44. The number of nitrogens with one attached hydrogen (secondary N) is 1. The molecule has 0 radical (unpaired) electrons. The Morgan fingerprint density at radius 3 is 2.43 bits per heavy atom. The summed E-state index contributed by atoms with van der Waals surface area (Å²) in [6.07, 6.45) is 6.40. The zero-order valence-corrected chi connectivity index (χ0v) is 14.4. The smallest absolute Gasteiger partial charge is 0.123 e. The lowest BCUT2D eigenvalue weighted by atomic mass is 9.97. The van der Waals surface area contributed by atoms with E-state index in [-0.39, 0.29) is 0 Å². The standard InChI is InChI=1S/C19H33NO/c1-5-6-7-8-11-14-21-18-13-10-9-12-17(18)15-20-16-19(2,3)4/h9-10,12-13,20H,5-8,11,14-16H2,1-4H3. The minimum absolute atomic E-state index is 0.315. The summed E-state index contributed by atoms with van der Waals surface area (Å²) in [4.78, 5) is 0. The van der Waals surface area contributed by atoms with Gasteiger partial charge in [0, 0.05) is 18.7 Å². The fraction of sp³-hybridized carbons (Fsp3) is 0.684. The molecule has 0 fully saturated rings. The number of hydrogen-bond donors (Lipinski definition) is 1. The summed E-state index contributed by atoms with van der Waals surface area (Å²) >= 11 is 0. The molecule has 0 spiro atoms. The average Bonchev–Trinajstić information content (AvgIpc) is 2.43. The van der Waals surface area contributed by atoms with Gasteiger partial charge in [0.2, 0.25) is 0 Å². The van der Waals surface area contributed by atoms with Gasteiger partial charge in [0.05, 0.1) is 6.61 Å². The second-order valence-corrected chi connectivity index (χ2v) is 7.03. The molecule has 1 aromatic carbocycles. The molecule has 0 amide bonds. The van der Waals surface area contributed by atoms with E-state index in [1.807, 2.05) is 0 Å². The topological polar surface area (TPSA) is 21.3 Å². The third-order valence-electron chi connectivity index (χ3n) is 3.45. The highest BCUT2D eigenvalue weighted by Crippen LogP contribution is 2.19. The van der Waals surface area contributed by atoms with Crippen LogP contribution in [0.3, 0.4) is 0 Å². The molecule has 0 heterocycles. The molecule has 1 rings (SSSR count). The molecule has 0 aliphatic heterocycles. The van der Waals surface area contributed by atoms with Crippen LogP contribution in [0.5, 0.6) is 5.75 Å². The summed E-state index contributed by atoms with van der Waals surface area (Å²) in [5.74, 6) is 1.04. The Kier molecular flexibility index (Phi) is 8.44. The van der Waals surface area contributed by atoms with E-state index in [4.69, 9.17) is 4.74 Å². The highest BCUT2D eigenvalue weighted by Gasteiger charge is 2.10. The fourth-order valence-electron chi connectivity index (χ4n) is 2.25. The van der Waals surface area contributed by atoms with Crippen molar-refractivity contribution >= 4 is 0 Å². The summed E-state index contributed by atoms with van der Waals surface area (Å²) in [5.41, 5.74) is 1.57. The molecule has 2 nitrogen and oxygen atoms in total. The third-order valence-corrected chi connectivity index (χ3v) is 3.45. The minimum Gasteiger partial charge on any atom is -0.493 e. The normalized spacial score (nSPS) is 11.6. The first-order chi connectivity index (χ1) is 10.0. The van der Waals surface area contributed by atoms with Gasteiger partial charge in [-0.3, -0.25) is 0 Å². The van der Waals surface area contributed by atoms with Gasteiger partial charge in [-0.05, 0) is 17.9 Å². The maximum atomic E-state index is 5.96. The summed E-state index contributed by atoms with van der Waals surface area (Å²) in [6, 6.07) is 8.38. The largest absolute Gasteiger partial charge is 0.493 e. The molecule has 0 atom stereocenters. The highest BCUT2D eigenvalue weighted by atomic mass is 16.5. The van der Waals surface area contributed by atoms with Crippen LogP contribution in [0.4, 0.5) is 0 Å². The van der Waals surface area contributed by atoms with Gasteiger partial charge in [-0.1, -0.05) is 71.6 Å². The van der Waals surface area contributed by atoms with Gasteiger partial charge >= 0.3 is 0 Å². The maximum Gasteiger partial charge on any atom is 0.123 e. The van der Waals surface area contributed by atoms with Crippen molar-refractivity contribution in [3.8, 4) is 5.75 Å². The quantitative estimate of drug-likeness (QED) is 0.600. The van der Waals surface area contributed by atoms with Gasteiger partial charge in [0.25, 0.3) is 0 Å². The molecule has 21 heavy (non-hydrogen) atoms. The Labute approximate surface area is 131 Å². The van der Waals surface area contributed by atoms with E-state index < -0.39 is 0 Å². The van der Waals surface area contributed by atoms with Crippen molar-refractivity contribution in [3.05, 3.63) is 29.8 Å². The van der Waals surface area contributed by atoms with Crippen LogP contribution in [0.1, 0.15) is 65.4 Å². The number of hydrogen-bond acceptors (Lipinski definition) is 2. The molecule has 0 aliphatic carbocycles. The van der Waals surface area contributed by atoms with E-state index in [1.165, 1.54) is 31.2 Å². The highest BCUT2D eigenvalue weighted by molar-refractivity contribution is 5.33. The van der Waals surface area contributed by atoms with Crippen molar-refractivity contribution in [2.45, 2.75) is 66.3 Å². The maximum absolute atomic E-state index is 5.96. The minimum atomic E-state index is 0.315. The SMILES string of the molecule is CCCCCCCOc1ccccc1CNCC(C)(C)C. The predicted octanol–water partition coefficient (Wildman–Crippen LogP) is 5.17. The molecule has 0 aliphatic rings. The van der Waals surface area contributed by atoms with Crippen LogP contribution in [0.15, 0.2) is 24.3 Å². The zero-order valence-electron chi connectivity index (χ0n) is 14.4. The van der Waals surface area contributed by atoms with Gasteiger partial charge in [0.1, 0.15) is 5.75 Å². The van der Waals surface area contributed by atoms with Crippen molar-refractivity contribution in [2.75, 3.05) is 13.2 Å². The molecule has 0 aromatic heterocycles. The molecule has 0 saturated carbocycles. The number of para-hydroxylation sites is 1. The van der Waals surface area contributed by atoms with Gasteiger partial charge in [-0.15, -0.1) is 0 Å². The van der Waals surface area contributed by atoms with E-state index in [0.29, 0.717) is 5.41 Å². The fourth-order valence-corrected chi connectivity index (χ4v) is 2.25. The number of unbranched alkanes of at least 4 members (excludes halogenated alkanes) is 4. The Bertz CT molecular complexity index is 381. The Morgan fingerprint density at radius 2 is 1.71 bits per heavy atom. The van der Waals surface area contributed by atoms with E-state index in [2.05, 4.69) is 57.3 Å². The summed E-state index contributed by atoms with van der Waals surface area (Å²) in [7, 11) is 0. The molecular formula is C19H33NO. The molecular weight excluding hydrogens is 258 g/mol. The second-order valence-electron chi connectivity index (χ2n) is 7.03. The van der Waals surface area contributed by atoms with Gasteiger partial charge in [0.15, 0.2) is 0 Å². The number of rotatable bonds is 10. The average molecular weight is 291 g/mol. The van der Waals surface area contributed by atoms with Crippen LogP contribution in [0.2, 0.25) is 0 Å². The Morgan fingerprint density at radius 1 is 1.00 bits per heavy atom. The van der Waals surface area contributed by atoms with Crippen LogP contribution >= 0.6 is 0 Å². The van der Waals surface area contributed by atoms with E-state index in [1.54, 1.807) is 0 Å². The molecule has 1 N–H and O–H groups in total. The van der Waals surface area contributed by atoms with Crippen molar-refractivity contribution in [1.29, 1.82) is 0 Å². The molecule has 0 bridgehead atoms. The van der Waals surface area contributed by atoms with E-state index >= 15 is 0 Å². The first-order valence-electron chi connectivity index (χ1n) is 8.44. The summed E-state index contributed by atoms with van der Waals surface area (Å²) < 4.78 is 5.96. The predicted molar refractivity (Wildman–Crippen MR) is 91.9 cm³/mol. The van der Waals surface area contributed by atoms with E-state index in [0.717, 1.165) is 31.9 Å². The lowest BCUT2D eigenvalue weighted by Gasteiger charge is -2.19. The Hall–Kier alpha value is -1.02. The lowest BCUT2D eigenvalue weighted by Crippen LogP contribution is -2.26. The molecule has 120 valence electrons. The molecule has 1 aromatic rings. The lowest BCUT2D eigenvalue weighted by molar-refractivity contribution is 0.299. The van der Waals surface area contributed by atoms with Crippen molar-refractivity contribution in [2.24, 2.45) is 5.41 Å². The van der Waals surface area contributed by atoms with Gasteiger partial charge < -0.3 is 10.1 Å². The van der Waals surface area contributed by atoms with Crippen LogP contribution in [-0.4, -0.2) is 13.2 Å². The second kappa shape index (κ2) is 9.83. The van der Waals surface area contributed by atoms with E-state index in [9.17, 15) is 0 Å². The van der Waals surface area contributed by atoms with Crippen molar-refractivity contribution in [1.82, 2.24) is 5.32 Å². The van der Waals surface area contributed by atoms with Crippen LogP contribution in [-0.2, 0) is 6.54 Å². The first kappa shape index (κ1) is 18.0. The van der Waals surface area contributed by atoms with Crippen molar-refractivity contribution in [3.63, 3.8) is 0 Å². The summed E-state index contributed by atoms with van der Waals surface area (Å²) in [6.45, 7) is 11.7. The molecule has 0 unspecified atom stereocenters. The summed E-state index contributed by atoms with van der Waals surface area (Å²) in [5, 5.41) is 3.52. The zero-order chi connectivity index (χ0) is 15.6. The van der Waals surface area contributed by atoms with Crippen molar-refractivity contribution < 1.29 is 4.74 Å². The van der Waals surface area contributed by atoms with Crippen LogP contribution in [0.25, 0.3) is 0 Å². The van der Waals surface area contributed by atoms with Crippen LogP contribution < -0.4 is 10.1 Å². The third kappa shape index (κ3) is 8.77.